The average molecular weight is 378 g/mol. The molecule has 4 atom stereocenters. The molecular weight excluding hydrogens is 356 g/mol. The number of carbonyl (C=O) groups excluding carboxylic acids is 1. The molecule has 2 aliphatic carbocycles. The second-order valence-corrected chi connectivity index (χ2v) is 8.72. The molecule has 2 saturated carbocycles. The van der Waals surface area contributed by atoms with E-state index in [-0.39, 0.29) is 16.5 Å². The van der Waals surface area contributed by atoms with Crippen LogP contribution >= 0.6 is 0 Å². The molecule has 144 valence electrons. The quantitative estimate of drug-likeness (QED) is 0.465. The Bertz CT molecular complexity index is 1080. The van der Waals surface area contributed by atoms with Crippen LogP contribution in [-0.4, -0.2) is 33.4 Å². The van der Waals surface area contributed by atoms with Gasteiger partial charge in [0.05, 0.1) is 17.6 Å². The average Bonchev–Trinajstić information content (AvgIpc) is 3.30. The van der Waals surface area contributed by atoms with E-state index >= 15 is 0 Å². The van der Waals surface area contributed by atoms with Crippen LogP contribution in [0.25, 0.3) is 11.0 Å². The number of ether oxygens (including phenoxy) is 1. The highest BCUT2D eigenvalue weighted by Gasteiger charge is 2.79. The summed E-state index contributed by atoms with van der Waals surface area (Å²) in [6.45, 7) is 4.92. The number of imidazole rings is 1. The largest absolute Gasteiger partial charge is 0.367 e. The third-order valence-corrected chi connectivity index (χ3v) is 7.85. The van der Waals surface area contributed by atoms with Crippen molar-refractivity contribution in [1.29, 1.82) is 5.26 Å². The number of hydrogen-bond donors (Lipinski definition) is 0. The summed E-state index contributed by atoms with van der Waals surface area (Å²) in [6.07, 6.45) is 2.74. The predicted molar refractivity (Wildman–Crippen MR) is 101 cm³/mol. The number of rotatable bonds is 3. The van der Waals surface area contributed by atoms with Crippen molar-refractivity contribution in [3.63, 3.8) is 0 Å². The number of oxime groups is 1. The molecule has 5 rings (SSSR count). The Kier molecular flexibility index (Phi) is 3.36. The van der Waals surface area contributed by atoms with E-state index in [1.165, 1.54) is 0 Å². The summed E-state index contributed by atoms with van der Waals surface area (Å²) in [6, 6.07) is 9.57. The number of hydrogen-bond acceptors (Lipinski definition) is 6. The van der Waals surface area contributed by atoms with Gasteiger partial charge < -0.3 is 14.1 Å². The van der Waals surface area contributed by atoms with Crippen molar-refractivity contribution in [1.82, 2.24) is 9.55 Å². The van der Waals surface area contributed by atoms with Crippen molar-refractivity contribution in [3.05, 3.63) is 30.1 Å². The molecule has 7 nitrogen and oxygen atoms in total. The maximum atomic E-state index is 13.1. The molecule has 3 fully saturated rings. The molecule has 0 spiro atoms. The van der Waals surface area contributed by atoms with E-state index in [0.29, 0.717) is 24.8 Å². The number of carbonyl (C=O) groups is 1. The molecule has 2 aromatic rings. The Morgan fingerprint density at radius 3 is 2.89 bits per heavy atom. The fourth-order valence-corrected chi connectivity index (χ4v) is 5.85. The maximum Gasteiger partial charge on any atom is 0.367 e. The zero-order valence-electron chi connectivity index (χ0n) is 16.2. The van der Waals surface area contributed by atoms with Crippen LogP contribution in [-0.2, 0) is 21.4 Å². The summed E-state index contributed by atoms with van der Waals surface area (Å²) in [7, 11) is 1.81. The van der Waals surface area contributed by atoms with E-state index < -0.39 is 11.6 Å². The monoisotopic (exact) mass is 378 g/mol. The van der Waals surface area contributed by atoms with Gasteiger partial charge in [-0.1, -0.05) is 31.1 Å². The highest BCUT2D eigenvalue weighted by Crippen LogP contribution is 2.75. The lowest BCUT2D eigenvalue weighted by Crippen LogP contribution is -2.50. The van der Waals surface area contributed by atoms with Gasteiger partial charge in [-0.05, 0) is 37.3 Å². The van der Waals surface area contributed by atoms with Gasteiger partial charge in [-0.15, -0.1) is 0 Å². The van der Waals surface area contributed by atoms with Crippen LogP contribution in [0, 0.1) is 28.1 Å². The topological polar surface area (TPSA) is 89.5 Å². The van der Waals surface area contributed by atoms with Crippen LogP contribution in [0.4, 0.5) is 0 Å². The summed E-state index contributed by atoms with van der Waals surface area (Å²) in [5.74, 6) is 0.343. The Morgan fingerprint density at radius 1 is 1.43 bits per heavy atom. The summed E-state index contributed by atoms with van der Waals surface area (Å²) >= 11 is 0. The number of benzene rings is 1. The molecule has 0 unspecified atom stereocenters. The van der Waals surface area contributed by atoms with Crippen LogP contribution in [0.2, 0.25) is 0 Å². The highest BCUT2D eigenvalue weighted by atomic mass is 16.7. The van der Waals surface area contributed by atoms with Gasteiger partial charge >= 0.3 is 5.97 Å². The predicted octanol–water partition coefficient (Wildman–Crippen LogP) is 2.94. The van der Waals surface area contributed by atoms with Gasteiger partial charge in [0.15, 0.2) is 11.4 Å². The van der Waals surface area contributed by atoms with Crippen molar-refractivity contribution in [3.8, 4) is 6.07 Å². The summed E-state index contributed by atoms with van der Waals surface area (Å²) < 4.78 is 7.81. The van der Waals surface area contributed by atoms with Crippen molar-refractivity contribution >= 4 is 22.7 Å². The number of nitrogens with zero attached hydrogens (tertiary/aromatic N) is 4. The first-order valence-electron chi connectivity index (χ1n) is 9.62. The molecule has 4 bridgehead atoms. The van der Waals surface area contributed by atoms with E-state index in [2.05, 4.69) is 24.0 Å². The first-order valence-corrected chi connectivity index (χ1v) is 9.62. The standard InChI is InChI=1S/C21H22N4O3/c1-19-12-27-21(10-13(19)8-9-20(19,21)2)18(26)28-24-15(11-22)17-23-14-6-4-5-7-16(14)25(17)3/h4-7,13H,8-10,12H2,1-3H3/b24-15-/t13-,19+,20-,21+/m1/s1. The second-order valence-electron chi connectivity index (χ2n) is 8.72. The zero-order valence-corrected chi connectivity index (χ0v) is 16.2. The smallest absolute Gasteiger partial charge is 0.362 e. The molecule has 1 aromatic carbocycles. The van der Waals surface area contributed by atoms with Crippen LogP contribution < -0.4 is 0 Å². The minimum atomic E-state index is -0.957. The molecular formula is C21H22N4O3. The van der Waals surface area contributed by atoms with Gasteiger partial charge in [0.2, 0.25) is 5.71 Å². The lowest BCUT2D eigenvalue weighted by atomic mass is 9.66. The van der Waals surface area contributed by atoms with Gasteiger partial charge in [0.25, 0.3) is 0 Å². The molecule has 0 amide bonds. The number of fused-ring (bicyclic) bond motifs is 1. The van der Waals surface area contributed by atoms with E-state index in [1.807, 2.05) is 30.3 Å². The molecule has 2 heterocycles. The molecule has 1 aromatic heterocycles. The molecule has 0 radical (unpaired) electrons. The molecule has 0 N–H and O–H groups in total. The maximum absolute atomic E-state index is 13.1. The van der Waals surface area contributed by atoms with Crippen LogP contribution in [0.15, 0.2) is 29.4 Å². The molecule has 1 saturated heterocycles. The van der Waals surface area contributed by atoms with Crippen LogP contribution in [0.3, 0.4) is 0 Å². The van der Waals surface area contributed by atoms with Crippen molar-refractivity contribution in [2.45, 2.75) is 38.7 Å². The Morgan fingerprint density at radius 2 is 2.21 bits per heavy atom. The van der Waals surface area contributed by atoms with Gasteiger partial charge in [0, 0.05) is 17.9 Å². The molecule has 28 heavy (non-hydrogen) atoms. The normalized spacial score (nSPS) is 36.1. The fourth-order valence-electron chi connectivity index (χ4n) is 5.85. The zero-order chi connectivity index (χ0) is 19.7. The summed E-state index contributed by atoms with van der Waals surface area (Å²) in [5, 5.41) is 13.5. The van der Waals surface area contributed by atoms with Crippen LogP contribution in [0.5, 0.6) is 0 Å². The number of aryl methyl sites for hydroxylation is 1. The van der Waals surface area contributed by atoms with Crippen molar-refractivity contribution in [2.75, 3.05) is 6.61 Å². The van der Waals surface area contributed by atoms with E-state index in [4.69, 9.17) is 9.57 Å². The third-order valence-electron chi connectivity index (χ3n) is 7.85. The number of aromatic nitrogens is 2. The van der Waals surface area contributed by atoms with E-state index in [1.54, 1.807) is 11.6 Å². The van der Waals surface area contributed by atoms with Gasteiger partial charge in [0.1, 0.15) is 6.07 Å². The first kappa shape index (κ1) is 17.4. The molecule has 7 heteroatoms. The minimum Gasteiger partial charge on any atom is -0.362 e. The first-order chi connectivity index (χ1) is 13.4. The summed E-state index contributed by atoms with van der Waals surface area (Å²) in [4.78, 5) is 22.9. The number of nitriles is 1. The Hall–Kier alpha value is -2.72. The highest BCUT2D eigenvalue weighted by molar-refractivity contribution is 6.10. The third kappa shape index (κ3) is 1.84. The van der Waals surface area contributed by atoms with E-state index in [9.17, 15) is 10.1 Å². The Balaban J connectivity index is 1.46. The van der Waals surface area contributed by atoms with Gasteiger partial charge in [-0.2, -0.15) is 5.26 Å². The Labute approximate surface area is 162 Å². The van der Waals surface area contributed by atoms with Gasteiger partial charge in [-0.3, -0.25) is 0 Å². The van der Waals surface area contributed by atoms with Crippen molar-refractivity contribution < 1.29 is 14.4 Å². The summed E-state index contributed by atoms with van der Waals surface area (Å²) in [5.41, 5.74) is 0.399. The lowest BCUT2D eigenvalue weighted by Gasteiger charge is -2.38. The minimum absolute atomic E-state index is 0.00515. The number of para-hydroxylation sites is 2. The molecule has 1 aliphatic heterocycles. The second kappa shape index (κ2) is 5.42. The molecule has 3 aliphatic rings. The van der Waals surface area contributed by atoms with Crippen molar-refractivity contribution in [2.24, 2.45) is 29.0 Å². The van der Waals surface area contributed by atoms with Gasteiger partial charge in [-0.25, -0.2) is 9.78 Å². The lowest BCUT2D eigenvalue weighted by molar-refractivity contribution is -0.181. The van der Waals surface area contributed by atoms with E-state index in [0.717, 1.165) is 23.9 Å². The fraction of sp³-hybridized carbons (Fsp3) is 0.524. The SMILES string of the molecule is Cn1c(/C(C#N)=N\OC(=O)[C@@]23C[C@H]4CC[C@]2(C)[C@@]4(C)CO3)nc2ccccc21. The van der Waals surface area contributed by atoms with Crippen LogP contribution in [0.1, 0.15) is 38.9 Å².